The number of aromatic amines is 1. The maximum absolute atomic E-state index is 14.6. The third-order valence-corrected chi connectivity index (χ3v) is 10.5. The number of amides is 7. The summed E-state index contributed by atoms with van der Waals surface area (Å²) in [6.45, 7) is 11.0. The van der Waals surface area contributed by atoms with Crippen LogP contribution in [-0.2, 0) is 25.7 Å². The summed E-state index contributed by atoms with van der Waals surface area (Å²) in [5.41, 5.74) is 9.12. The van der Waals surface area contributed by atoms with Gasteiger partial charge in [0, 0.05) is 76.6 Å². The molecule has 0 saturated carbocycles. The molecule has 2 aromatic carbocycles. The molecule has 0 aliphatic carbocycles. The molecule has 3 aromatic rings. The number of ether oxygens (including phenoxy) is 1. The molecule has 1 aliphatic rings. The van der Waals surface area contributed by atoms with Crippen LogP contribution in [0.15, 0.2) is 42.5 Å². The number of hydrogen-bond acceptors (Lipinski definition) is 9. The van der Waals surface area contributed by atoms with Crippen LogP contribution in [0, 0.1) is 19.7 Å². The van der Waals surface area contributed by atoms with Crippen LogP contribution in [0.3, 0.4) is 0 Å². The van der Waals surface area contributed by atoms with E-state index >= 15 is 0 Å². The van der Waals surface area contributed by atoms with Crippen LogP contribution in [0.2, 0.25) is 0 Å². The van der Waals surface area contributed by atoms with Crippen LogP contribution in [0.5, 0.6) is 5.75 Å². The average molecular weight is 832 g/mol. The van der Waals surface area contributed by atoms with Crippen LogP contribution < -0.4 is 31.3 Å². The van der Waals surface area contributed by atoms with E-state index in [0.29, 0.717) is 41.4 Å². The summed E-state index contributed by atoms with van der Waals surface area (Å²) in [6.07, 6.45) is 1.39. The maximum atomic E-state index is 14.6. The molecule has 16 nitrogen and oxygen atoms in total. The van der Waals surface area contributed by atoms with Gasteiger partial charge in [0.15, 0.2) is 0 Å². The number of rotatable bonds is 20. The second kappa shape index (κ2) is 21.8. The monoisotopic (exact) mass is 831 g/mol. The highest BCUT2D eigenvalue weighted by molar-refractivity contribution is 6.42. The molecule has 60 heavy (non-hydrogen) atoms. The zero-order valence-corrected chi connectivity index (χ0v) is 35.6. The lowest BCUT2D eigenvalue weighted by molar-refractivity contribution is -0.133. The van der Waals surface area contributed by atoms with Crippen molar-refractivity contribution in [3.05, 3.63) is 81.9 Å². The number of aryl methyl sites for hydroxylation is 1. The van der Waals surface area contributed by atoms with Gasteiger partial charge in [0.05, 0.1) is 23.9 Å². The number of nitrogens with zero attached hydrogens (tertiary/aromatic N) is 4. The maximum Gasteiger partial charge on any atom is 0.331 e. The van der Waals surface area contributed by atoms with Gasteiger partial charge in [-0.25, -0.2) is 14.1 Å². The van der Waals surface area contributed by atoms with Gasteiger partial charge in [-0.2, -0.15) is 0 Å². The molecule has 1 aromatic heterocycles. The zero-order valence-electron chi connectivity index (χ0n) is 35.6. The van der Waals surface area contributed by atoms with E-state index in [1.54, 1.807) is 33.1 Å². The van der Waals surface area contributed by atoms with Gasteiger partial charge < -0.3 is 46.1 Å². The number of carbonyl (C=O) groups excluding carboxylic acids is 6. The zero-order chi connectivity index (χ0) is 44.1. The van der Waals surface area contributed by atoms with Crippen molar-refractivity contribution in [2.75, 3.05) is 71.9 Å². The summed E-state index contributed by atoms with van der Waals surface area (Å²) in [4.78, 5) is 88.6. The number of anilines is 1. The first kappa shape index (κ1) is 46.6. The Morgan fingerprint density at radius 3 is 2.28 bits per heavy atom. The van der Waals surface area contributed by atoms with Crippen molar-refractivity contribution >= 4 is 52.9 Å². The second-order valence-corrected chi connectivity index (χ2v) is 14.6. The molecule has 0 radical (unpaired) electrons. The fourth-order valence-electron chi connectivity index (χ4n) is 6.81. The molecule has 324 valence electrons. The molecular formula is C43H58FN9O7. The van der Waals surface area contributed by atoms with Crippen LogP contribution in [0.4, 0.5) is 14.9 Å². The summed E-state index contributed by atoms with van der Waals surface area (Å²) in [7, 11) is 4.57. The van der Waals surface area contributed by atoms with Crippen molar-refractivity contribution in [3.8, 4) is 5.75 Å². The van der Waals surface area contributed by atoms with E-state index in [-0.39, 0.29) is 74.1 Å². The Balaban J connectivity index is 1.34. The Morgan fingerprint density at radius 1 is 0.950 bits per heavy atom. The summed E-state index contributed by atoms with van der Waals surface area (Å²) in [5.74, 6) is -2.13. The molecule has 6 N–H and O–H groups in total. The minimum Gasteiger partial charge on any atom is -0.497 e. The summed E-state index contributed by atoms with van der Waals surface area (Å²) in [5, 5.41) is 8.41. The predicted molar refractivity (Wildman–Crippen MR) is 227 cm³/mol. The minimum atomic E-state index is -0.883. The smallest absolute Gasteiger partial charge is 0.331 e. The minimum absolute atomic E-state index is 0.0290. The molecule has 0 bridgehead atoms. The van der Waals surface area contributed by atoms with Gasteiger partial charge in [-0.3, -0.25) is 24.0 Å². The summed E-state index contributed by atoms with van der Waals surface area (Å²) in [6, 6.07) is 9.31. The molecule has 1 aliphatic heterocycles. The average Bonchev–Trinajstić information content (AvgIpc) is 3.67. The number of carbonyl (C=O) groups is 6. The highest BCUT2D eigenvalue weighted by Gasteiger charge is 2.39. The van der Waals surface area contributed by atoms with Gasteiger partial charge in [0.1, 0.15) is 17.6 Å². The number of benzene rings is 2. The first-order chi connectivity index (χ1) is 28.6. The van der Waals surface area contributed by atoms with Crippen molar-refractivity contribution in [2.45, 2.75) is 59.5 Å². The molecule has 4 rings (SSSR count). The Kier molecular flexibility index (Phi) is 16.9. The predicted octanol–water partition coefficient (Wildman–Crippen LogP) is 3.18. The Bertz CT molecular complexity index is 2060. The second-order valence-electron chi connectivity index (χ2n) is 14.6. The molecule has 2 heterocycles. The van der Waals surface area contributed by atoms with Gasteiger partial charge >= 0.3 is 6.03 Å². The van der Waals surface area contributed by atoms with E-state index in [1.165, 1.54) is 42.1 Å². The standard InChI is InChI=1S/C43H58FN9O7/c1-8-52(9-2)21-20-46-41(57)39-27(3)35(48-28(39)4)25-33-32-24-30(44)12-15-36(32)53(42(33)58)43(59)51(6)23-22-50(5)38(55)17-16-37(54)49-34(18-19-45)40(56)47-26-29-10-13-31(60-7)14-11-29/h10-15,24-25,34,48H,8-9,16-23,26,45H2,1-7H3,(H,46,57)(H,47,56)(H,49,54)/b33-25-/t34-/m1/s1. The summed E-state index contributed by atoms with van der Waals surface area (Å²) < 4.78 is 19.8. The number of hydrogen-bond donors (Lipinski definition) is 5. The lowest BCUT2D eigenvalue weighted by Crippen LogP contribution is -2.47. The van der Waals surface area contributed by atoms with Gasteiger partial charge in [-0.15, -0.1) is 0 Å². The lowest BCUT2D eigenvalue weighted by atomic mass is 10.0. The van der Waals surface area contributed by atoms with Crippen molar-refractivity contribution in [2.24, 2.45) is 5.73 Å². The van der Waals surface area contributed by atoms with Crippen LogP contribution in [-0.4, -0.2) is 128 Å². The van der Waals surface area contributed by atoms with Gasteiger partial charge in [-0.05, 0) is 87.4 Å². The first-order valence-corrected chi connectivity index (χ1v) is 20.1. The molecule has 1 atom stereocenters. The van der Waals surface area contributed by atoms with Gasteiger partial charge in [0.25, 0.3) is 11.8 Å². The third kappa shape index (κ3) is 11.8. The number of H-pyrrole nitrogens is 1. The Hall–Kier alpha value is -6.07. The van der Waals surface area contributed by atoms with Gasteiger partial charge in [0.2, 0.25) is 17.7 Å². The highest BCUT2D eigenvalue weighted by atomic mass is 19.1. The summed E-state index contributed by atoms with van der Waals surface area (Å²) >= 11 is 0. The third-order valence-electron chi connectivity index (χ3n) is 10.5. The van der Waals surface area contributed by atoms with E-state index in [4.69, 9.17) is 10.5 Å². The highest BCUT2D eigenvalue weighted by Crippen LogP contribution is 2.39. The van der Waals surface area contributed by atoms with Crippen LogP contribution >= 0.6 is 0 Å². The van der Waals surface area contributed by atoms with Crippen LogP contribution in [0.25, 0.3) is 11.6 Å². The SMILES string of the molecule is CCN(CC)CCNC(=O)c1c(C)[nH]c(/C=C2\C(=O)N(C(=O)N(C)CCN(C)C(=O)CCC(=O)N[C@H](CCN)C(=O)NCc3ccc(OC)cc3)c3ccc(F)cc32)c1C. The van der Waals surface area contributed by atoms with E-state index in [0.717, 1.165) is 29.6 Å². The van der Waals surface area contributed by atoms with E-state index in [9.17, 15) is 33.2 Å². The van der Waals surface area contributed by atoms with Gasteiger partial charge in [-0.1, -0.05) is 26.0 Å². The number of nitrogens with one attached hydrogen (secondary N) is 4. The number of nitrogens with two attached hydrogens (primary N) is 1. The van der Waals surface area contributed by atoms with Crippen molar-refractivity contribution in [1.82, 2.24) is 35.6 Å². The Labute approximate surface area is 350 Å². The number of halogens is 1. The largest absolute Gasteiger partial charge is 0.497 e. The van der Waals surface area contributed by atoms with E-state index < -0.39 is 35.6 Å². The number of aromatic nitrogens is 1. The topological polar surface area (TPSA) is 203 Å². The quantitative estimate of drug-likeness (QED) is 0.106. The fraction of sp³-hybridized carbons (Fsp3) is 0.442. The number of methoxy groups -OCH3 is 1. The van der Waals surface area contributed by atoms with E-state index in [2.05, 4.69) is 39.7 Å². The normalized spacial score (nSPS) is 13.3. The van der Waals surface area contributed by atoms with Crippen molar-refractivity contribution in [1.29, 1.82) is 0 Å². The van der Waals surface area contributed by atoms with Crippen molar-refractivity contribution < 1.29 is 37.9 Å². The lowest BCUT2D eigenvalue weighted by Gasteiger charge is -2.26. The molecule has 7 amide bonds. The molecule has 0 saturated heterocycles. The first-order valence-electron chi connectivity index (χ1n) is 20.1. The number of likely N-dealkylation sites (N-methyl/N-ethyl adjacent to an activating group) is 3. The van der Waals surface area contributed by atoms with E-state index in [1.807, 2.05) is 12.1 Å². The number of fused-ring (bicyclic) bond motifs is 1. The molecular weight excluding hydrogens is 774 g/mol. The molecule has 0 unspecified atom stereocenters. The molecule has 0 spiro atoms. The van der Waals surface area contributed by atoms with Crippen LogP contribution in [0.1, 0.15) is 71.5 Å². The number of imide groups is 1. The number of urea groups is 1. The molecule has 17 heteroatoms. The molecule has 0 fully saturated rings. The fourth-order valence-corrected chi connectivity index (χ4v) is 6.81. The Morgan fingerprint density at radius 2 is 1.63 bits per heavy atom. The van der Waals surface area contributed by atoms with Crippen molar-refractivity contribution in [3.63, 3.8) is 0 Å².